The molecule has 1 aliphatic rings. The summed E-state index contributed by atoms with van der Waals surface area (Å²) >= 11 is 1.82. The lowest BCUT2D eigenvalue weighted by atomic mass is 10.2. The van der Waals surface area contributed by atoms with Crippen LogP contribution in [0.2, 0.25) is 0 Å². The summed E-state index contributed by atoms with van der Waals surface area (Å²) in [6.07, 6.45) is 1.76. The van der Waals surface area contributed by atoms with Gasteiger partial charge < -0.3 is 5.11 Å². The van der Waals surface area contributed by atoms with E-state index in [1.807, 2.05) is 11.8 Å². The number of rotatable bonds is 5. The average Bonchev–Trinajstić information content (AvgIpc) is 2.80. The van der Waals surface area contributed by atoms with Crippen LogP contribution in [0, 0.1) is 0 Å². The SMILES string of the molecule is CCSc1ccc(CN2CCCC2C(=O)O)cc1. The van der Waals surface area contributed by atoms with Crippen LogP contribution in [0.1, 0.15) is 25.3 Å². The van der Waals surface area contributed by atoms with Crippen molar-refractivity contribution in [2.75, 3.05) is 12.3 Å². The fourth-order valence-corrected chi connectivity index (χ4v) is 3.05. The van der Waals surface area contributed by atoms with Gasteiger partial charge in [-0.1, -0.05) is 19.1 Å². The molecule has 98 valence electrons. The topological polar surface area (TPSA) is 40.5 Å². The van der Waals surface area contributed by atoms with Crippen LogP contribution in [0.3, 0.4) is 0 Å². The Morgan fingerprint density at radius 1 is 1.44 bits per heavy atom. The van der Waals surface area contributed by atoms with Gasteiger partial charge in [0.15, 0.2) is 0 Å². The predicted molar refractivity (Wildman–Crippen MR) is 73.9 cm³/mol. The molecule has 1 aromatic carbocycles. The van der Waals surface area contributed by atoms with Crippen molar-refractivity contribution >= 4 is 17.7 Å². The zero-order valence-electron chi connectivity index (χ0n) is 10.6. The predicted octanol–water partition coefficient (Wildman–Crippen LogP) is 2.85. The normalized spacial score (nSPS) is 20.2. The zero-order valence-corrected chi connectivity index (χ0v) is 11.4. The molecule has 1 aromatic rings. The first kappa shape index (κ1) is 13.4. The van der Waals surface area contributed by atoms with Gasteiger partial charge in [-0.3, -0.25) is 9.69 Å². The van der Waals surface area contributed by atoms with Gasteiger partial charge in [0, 0.05) is 11.4 Å². The van der Waals surface area contributed by atoms with Crippen LogP contribution in [0.5, 0.6) is 0 Å². The number of hydrogen-bond acceptors (Lipinski definition) is 3. The molecule has 0 radical (unpaired) electrons. The van der Waals surface area contributed by atoms with Crippen LogP contribution in [-0.4, -0.2) is 34.3 Å². The molecular weight excluding hydrogens is 246 g/mol. The molecule has 0 spiro atoms. The third-order valence-electron chi connectivity index (χ3n) is 3.27. The second-order valence-electron chi connectivity index (χ2n) is 4.54. The molecule has 1 atom stereocenters. The number of hydrogen-bond donors (Lipinski definition) is 1. The van der Waals surface area contributed by atoms with Gasteiger partial charge in [-0.05, 0) is 42.8 Å². The number of thioether (sulfide) groups is 1. The minimum atomic E-state index is -0.689. The highest BCUT2D eigenvalue weighted by Crippen LogP contribution is 2.22. The van der Waals surface area contributed by atoms with E-state index in [-0.39, 0.29) is 6.04 Å². The second kappa shape index (κ2) is 6.25. The van der Waals surface area contributed by atoms with E-state index in [1.54, 1.807) is 0 Å². The molecule has 0 bridgehead atoms. The Morgan fingerprint density at radius 3 is 2.78 bits per heavy atom. The van der Waals surface area contributed by atoms with Gasteiger partial charge in [0.25, 0.3) is 0 Å². The molecule has 1 fully saturated rings. The summed E-state index contributed by atoms with van der Waals surface area (Å²) in [5.74, 6) is 0.387. The van der Waals surface area contributed by atoms with Gasteiger partial charge in [0.05, 0.1) is 0 Å². The highest BCUT2D eigenvalue weighted by atomic mass is 32.2. The van der Waals surface area contributed by atoms with Crippen LogP contribution < -0.4 is 0 Å². The Labute approximate surface area is 112 Å². The lowest BCUT2D eigenvalue weighted by molar-refractivity contribution is -0.142. The van der Waals surface area contributed by atoms with Crippen LogP contribution in [0.4, 0.5) is 0 Å². The molecule has 1 N–H and O–H groups in total. The van der Waals surface area contributed by atoms with E-state index in [0.29, 0.717) is 0 Å². The van der Waals surface area contributed by atoms with Gasteiger partial charge in [-0.2, -0.15) is 0 Å². The van der Waals surface area contributed by atoms with E-state index < -0.39 is 5.97 Å². The smallest absolute Gasteiger partial charge is 0.320 e. The zero-order chi connectivity index (χ0) is 13.0. The maximum atomic E-state index is 11.1. The summed E-state index contributed by atoms with van der Waals surface area (Å²) in [4.78, 5) is 14.4. The van der Waals surface area contributed by atoms with Crippen molar-refractivity contribution in [2.24, 2.45) is 0 Å². The molecule has 1 aliphatic heterocycles. The summed E-state index contributed by atoms with van der Waals surface area (Å²) in [6.45, 7) is 3.77. The Kier molecular flexibility index (Phi) is 4.66. The standard InChI is InChI=1S/C14H19NO2S/c1-2-18-12-7-5-11(6-8-12)10-15-9-3-4-13(15)14(16)17/h5-8,13H,2-4,9-10H2,1H3,(H,16,17). The third-order valence-corrected chi connectivity index (χ3v) is 4.16. The molecular formula is C14H19NO2S. The van der Waals surface area contributed by atoms with Gasteiger partial charge in [-0.25, -0.2) is 0 Å². The van der Waals surface area contributed by atoms with E-state index in [2.05, 4.69) is 36.1 Å². The van der Waals surface area contributed by atoms with Crippen molar-refractivity contribution < 1.29 is 9.90 Å². The van der Waals surface area contributed by atoms with Crippen LogP contribution in [-0.2, 0) is 11.3 Å². The number of carbonyl (C=O) groups is 1. The summed E-state index contributed by atoms with van der Waals surface area (Å²) in [7, 11) is 0. The van der Waals surface area contributed by atoms with Gasteiger partial charge in [-0.15, -0.1) is 11.8 Å². The Balaban J connectivity index is 1.98. The van der Waals surface area contributed by atoms with Crippen LogP contribution in [0.15, 0.2) is 29.2 Å². The molecule has 4 heteroatoms. The first-order valence-electron chi connectivity index (χ1n) is 6.39. The molecule has 18 heavy (non-hydrogen) atoms. The number of nitrogens with zero attached hydrogens (tertiary/aromatic N) is 1. The van der Waals surface area contributed by atoms with Crippen molar-refractivity contribution in [2.45, 2.75) is 37.2 Å². The Hall–Kier alpha value is -1.00. The Morgan fingerprint density at radius 2 is 2.17 bits per heavy atom. The third kappa shape index (κ3) is 3.27. The van der Waals surface area contributed by atoms with E-state index >= 15 is 0 Å². The molecule has 1 heterocycles. The molecule has 0 amide bonds. The van der Waals surface area contributed by atoms with Crippen LogP contribution >= 0.6 is 11.8 Å². The van der Waals surface area contributed by atoms with Gasteiger partial charge in [0.2, 0.25) is 0 Å². The summed E-state index contributed by atoms with van der Waals surface area (Å²) < 4.78 is 0. The van der Waals surface area contributed by atoms with Crippen molar-refractivity contribution in [3.05, 3.63) is 29.8 Å². The summed E-state index contributed by atoms with van der Waals surface area (Å²) in [5.41, 5.74) is 1.20. The lowest BCUT2D eigenvalue weighted by Gasteiger charge is -2.21. The fourth-order valence-electron chi connectivity index (χ4n) is 2.39. The van der Waals surface area contributed by atoms with E-state index in [4.69, 9.17) is 5.11 Å². The van der Waals surface area contributed by atoms with E-state index in [0.717, 1.165) is 31.7 Å². The highest BCUT2D eigenvalue weighted by Gasteiger charge is 2.30. The lowest BCUT2D eigenvalue weighted by Crippen LogP contribution is -2.35. The number of carboxylic acid groups (broad SMARTS) is 1. The van der Waals surface area contributed by atoms with E-state index in [9.17, 15) is 4.79 Å². The molecule has 1 unspecified atom stereocenters. The van der Waals surface area contributed by atoms with E-state index in [1.165, 1.54) is 10.5 Å². The molecule has 3 nitrogen and oxygen atoms in total. The van der Waals surface area contributed by atoms with Gasteiger partial charge >= 0.3 is 5.97 Å². The van der Waals surface area contributed by atoms with Crippen LogP contribution in [0.25, 0.3) is 0 Å². The number of carboxylic acids is 1. The maximum Gasteiger partial charge on any atom is 0.320 e. The Bertz CT molecular complexity index is 405. The number of benzene rings is 1. The first-order valence-corrected chi connectivity index (χ1v) is 7.38. The summed E-state index contributed by atoms with van der Waals surface area (Å²) in [6, 6.07) is 8.16. The minimum Gasteiger partial charge on any atom is -0.480 e. The van der Waals surface area contributed by atoms with Crippen molar-refractivity contribution in [1.29, 1.82) is 0 Å². The van der Waals surface area contributed by atoms with Crippen molar-refractivity contribution in [3.63, 3.8) is 0 Å². The maximum absolute atomic E-state index is 11.1. The fraction of sp³-hybridized carbons (Fsp3) is 0.500. The average molecular weight is 265 g/mol. The monoisotopic (exact) mass is 265 g/mol. The molecule has 0 aromatic heterocycles. The molecule has 2 rings (SSSR count). The van der Waals surface area contributed by atoms with Crippen molar-refractivity contribution in [1.82, 2.24) is 4.90 Å². The molecule has 0 saturated carbocycles. The largest absolute Gasteiger partial charge is 0.480 e. The quantitative estimate of drug-likeness (QED) is 0.831. The van der Waals surface area contributed by atoms with Gasteiger partial charge in [0.1, 0.15) is 6.04 Å². The molecule has 0 aliphatic carbocycles. The molecule has 1 saturated heterocycles. The first-order chi connectivity index (χ1) is 8.70. The number of likely N-dealkylation sites (tertiary alicyclic amines) is 1. The van der Waals surface area contributed by atoms with Crippen molar-refractivity contribution in [3.8, 4) is 0 Å². The number of aliphatic carboxylic acids is 1. The minimum absolute atomic E-state index is 0.297. The highest BCUT2D eigenvalue weighted by molar-refractivity contribution is 7.99. The second-order valence-corrected chi connectivity index (χ2v) is 5.88. The summed E-state index contributed by atoms with van der Waals surface area (Å²) in [5, 5.41) is 9.13.